The van der Waals surface area contributed by atoms with Gasteiger partial charge in [0.15, 0.2) is 0 Å². The molecule has 6 heteroatoms. The molecule has 0 bridgehead atoms. The molecular weight excluding hydrogens is 276 g/mol. The predicted molar refractivity (Wildman–Crippen MR) is 77.8 cm³/mol. The molecule has 2 rings (SSSR count). The molecule has 0 aromatic heterocycles. The van der Waals surface area contributed by atoms with E-state index in [4.69, 9.17) is 0 Å². The van der Waals surface area contributed by atoms with Gasteiger partial charge in [-0.1, -0.05) is 30.3 Å². The summed E-state index contributed by atoms with van der Waals surface area (Å²) in [6.07, 6.45) is 2.28. The van der Waals surface area contributed by atoms with Crippen LogP contribution in [-0.2, 0) is 21.2 Å². The molecule has 1 saturated heterocycles. The highest BCUT2D eigenvalue weighted by molar-refractivity contribution is 7.88. The summed E-state index contributed by atoms with van der Waals surface area (Å²) in [4.78, 5) is 14.0. The maximum atomic E-state index is 12.2. The molecule has 0 unspecified atom stereocenters. The molecule has 0 radical (unpaired) electrons. The van der Waals surface area contributed by atoms with Crippen LogP contribution in [0.4, 0.5) is 0 Å². The fourth-order valence-electron chi connectivity index (χ4n) is 2.36. The van der Waals surface area contributed by atoms with E-state index in [0.717, 1.165) is 5.56 Å². The second-order valence-electron chi connectivity index (χ2n) is 5.06. The Bertz CT molecular complexity index is 557. The van der Waals surface area contributed by atoms with Gasteiger partial charge in [-0.3, -0.25) is 4.79 Å². The van der Waals surface area contributed by atoms with Gasteiger partial charge in [-0.25, -0.2) is 12.7 Å². The molecule has 1 fully saturated rings. The number of hydrogen-bond acceptors (Lipinski definition) is 3. The van der Waals surface area contributed by atoms with Crippen molar-refractivity contribution in [2.75, 3.05) is 32.4 Å². The Morgan fingerprint density at radius 3 is 2.45 bits per heavy atom. The van der Waals surface area contributed by atoms with E-state index >= 15 is 0 Å². The molecule has 1 aromatic carbocycles. The molecule has 0 atom stereocenters. The summed E-state index contributed by atoms with van der Waals surface area (Å²) in [6, 6.07) is 9.60. The lowest BCUT2D eigenvalue weighted by Crippen LogP contribution is -2.37. The van der Waals surface area contributed by atoms with Crippen molar-refractivity contribution in [3.8, 4) is 0 Å². The van der Waals surface area contributed by atoms with Gasteiger partial charge >= 0.3 is 0 Å². The Labute approximate surface area is 120 Å². The van der Waals surface area contributed by atoms with E-state index in [-0.39, 0.29) is 5.91 Å². The third-order valence-corrected chi connectivity index (χ3v) is 4.78. The van der Waals surface area contributed by atoms with Crippen molar-refractivity contribution in [3.05, 3.63) is 35.9 Å². The highest BCUT2D eigenvalue weighted by atomic mass is 32.2. The normalized spacial score (nSPS) is 17.8. The van der Waals surface area contributed by atoms with Gasteiger partial charge in [0, 0.05) is 26.2 Å². The zero-order valence-corrected chi connectivity index (χ0v) is 12.5. The number of amides is 1. The SMILES string of the molecule is CS(=O)(=O)N1CCCN(C(=O)Cc2ccccc2)CC1. The first kappa shape index (κ1) is 15.0. The Kier molecular flexibility index (Phi) is 4.77. The lowest BCUT2D eigenvalue weighted by atomic mass is 10.1. The molecule has 1 aliphatic rings. The molecule has 0 spiro atoms. The smallest absolute Gasteiger partial charge is 0.227 e. The number of rotatable bonds is 3. The van der Waals surface area contributed by atoms with Crippen molar-refractivity contribution in [1.82, 2.24) is 9.21 Å². The summed E-state index contributed by atoms with van der Waals surface area (Å²) in [5.74, 6) is 0.0616. The van der Waals surface area contributed by atoms with Gasteiger partial charge < -0.3 is 4.90 Å². The average Bonchev–Trinajstić information content (AvgIpc) is 2.65. The van der Waals surface area contributed by atoms with Crippen LogP contribution in [0.1, 0.15) is 12.0 Å². The van der Waals surface area contributed by atoms with Crippen molar-refractivity contribution < 1.29 is 13.2 Å². The standard InChI is InChI=1S/C14H20N2O3S/c1-20(18,19)16-9-5-8-15(10-11-16)14(17)12-13-6-3-2-4-7-13/h2-4,6-7H,5,8-12H2,1H3. The van der Waals surface area contributed by atoms with E-state index in [1.54, 1.807) is 4.90 Å². The molecule has 1 heterocycles. The highest BCUT2D eigenvalue weighted by Crippen LogP contribution is 2.09. The number of benzene rings is 1. The van der Waals surface area contributed by atoms with Crippen molar-refractivity contribution in [2.45, 2.75) is 12.8 Å². The van der Waals surface area contributed by atoms with Crippen molar-refractivity contribution in [1.29, 1.82) is 0 Å². The molecule has 5 nitrogen and oxygen atoms in total. The van der Waals surface area contributed by atoms with Gasteiger partial charge in [-0.2, -0.15) is 0 Å². The van der Waals surface area contributed by atoms with Crippen LogP contribution >= 0.6 is 0 Å². The van der Waals surface area contributed by atoms with E-state index in [0.29, 0.717) is 39.0 Å². The largest absolute Gasteiger partial charge is 0.341 e. The Morgan fingerprint density at radius 2 is 1.80 bits per heavy atom. The van der Waals surface area contributed by atoms with Gasteiger partial charge in [0.1, 0.15) is 0 Å². The van der Waals surface area contributed by atoms with E-state index in [1.165, 1.54) is 10.6 Å². The lowest BCUT2D eigenvalue weighted by molar-refractivity contribution is -0.130. The first-order valence-electron chi connectivity index (χ1n) is 6.73. The number of carbonyl (C=O) groups is 1. The molecule has 0 saturated carbocycles. The van der Waals surface area contributed by atoms with Crippen LogP contribution in [-0.4, -0.2) is 56.0 Å². The van der Waals surface area contributed by atoms with Crippen LogP contribution in [0.5, 0.6) is 0 Å². The van der Waals surface area contributed by atoms with Crippen LogP contribution < -0.4 is 0 Å². The summed E-state index contributed by atoms with van der Waals surface area (Å²) in [5.41, 5.74) is 0.988. The molecular formula is C14H20N2O3S. The topological polar surface area (TPSA) is 57.7 Å². The maximum absolute atomic E-state index is 12.2. The minimum Gasteiger partial charge on any atom is -0.341 e. The number of nitrogens with zero attached hydrogens (tertiary/aromatic N) is 2. The van der Waals surface area contributed by atoms with Gasteiger partial charge in [0.2, 0.25) is 15.9 Å². The molecule has 1 amide bonds. The van der Waals surface area contributed by atoms with E-state index in [9.17, 15) is 13.2 Å². The molecule has 1 aromatic rings. The minimum atomic E-state index is -3.16. The Balaban J connectivity index is 1.95. The fourth-order valence-corrected chi connectivity index (χ4v) is 3.23. The van der Waals surface area contributed by atoms with E-state index < -0.39 is 10.0 Å². The molecule has 110 valence electrons. The average molecular weight is 296 g/mol. The summed E-state index contributed by atoms with van der Waals surface area (Å²) < 4.78 is 24.5. The van der Waals surface area contributed by atoms with E-state index in [2.05, 4.69) is 0 Å². The van der Waals surface area contributed by atoms with Crippen molar-refractivity contribution in [3.63, 3.8) is 0 Å². The zero-order chi connectivity index (χ0) is 14.6. The molecule has 0 N–H and O–H groups in total. The summed E-state index contributed by atoms with van der Waals surface area (Å²) in [7, 11) is -3.16. The maximum Gasteiger partial charge on any atom is 0.227 e. The quantitative estimate of drug-likeness (QED) is 0.826. The Hall–Kier alpha value is -1.40. The number of hydrogen-bond donors (Lipinski definition) is 0. The van der Waals surface area contributed by atoms with Crippen LogP contribution in [0.3, 0.4) is 0 Å². The summed E-state index contributed by atoms with van der Waals surface area (Å²) in [6.45, 7) is 1.98. The second kappa shape index (κ2) is 6.37. The monoisotopic (exact) mass is 296 g/mol. The predicted octanol–water partition coefficient (Wildman–Crippen LogP) is 0.723. The van der Waals surface area contributed by atoms with Gasteiger partial charge in [-0.05, 0) is 12.0 Å². The van der Waals surface area contributed by atoms with E-state index in [1.807, 2.05) is 30.3 Å². The first-order chi connectivity index (χ1) is 9.47. The number of carbonyl (C=O) groups excluding carboxylic acids is 1. The third-order valence-electron chi connectivity index (χ3n) is 3.47. The van der Waals surface area contributed by atoms with Gasteiger partial charge in [0.25, 0.3) is 0 Å². The molecule has 20 heavy (non-hydrogen) atoms. The van der Waals surface area contributed by atoms with Crippen LogP contribution in [0.25, 0.3) is 0 Å². The number of sulfonamides is 1. The fraction of sp³-hybridized carbons (Fsp3) is 0.500. The summed E-state index contributed by atoms with van der Waals surface area (Å²) >= 11 is 0. The lowest BCUT2D eigenvalue weighted by Gasteiger charge is -2.21. The molecule has 0 aliphatic carbocycles. The third kappa shape index (κ3) is 4.05. The van der Waals surface area contributed by atoms with Crippen molar-refractivity contribution in [2.24, 2.45) is 0 Å². The highest BCUT2D eigenvalue weighted by Gasteiger charge is 2.23. The minimum absolute atomic E-state index is 0.0616. The van der Waals surface area contributed by atoms with Gasteiger partial charge in [0.05, 0.1) is 12.7 Å². The van der Waals surface area contributed by atoms with Crippen LogP contribution in [0.15, 0.2) is 30.3 Å². The first-order valence-corrected chi connectivity index (χ1v) is 8.58. The van der Waals surface area contributed by atoms with Gasteiger partial charge in [-0.15, -0.1) is 0 Å². The van der Waals surface area contributed by atoms with Crippen LogP contribution in [0.2, 0.25) is 0 Å². The zero-order valence-electron chi connectivity index (χ0n) is 11.7. The van der Waals surface area contributed by atoms with Crippen molar-refractivity contribution >= 4 is 15.9 Å². The summed E-state index contributed by atoms with van der Waals surface area (Å²) in [5, 5.41) is 0. The second-order valence-corrected chi connectivity index (χ2v) is 7.04. The Morgan fingerprint density at radius 1 is 1.10 bits per heavy atom. The molecule has 1 aliphatic heterocycles. The van der Waals surface area contributed by atoms with Crippen LogP contribution in [0, 0.1) is 0 Å².